The van der Waals surface area contributed by atoms with Gasteiger partial charge in [-0.3, -0.25) is 9.59 Å². The first-order valence-electron chi connectivity index (χ1n) is 30.7. The summed E-state index contributed by atoms with van der Waals surface area (Å²) in [4.78, 5) is 24.6. The highest BCUT2D eigenvalue weighted by Gasteiger charge is 2.20. The van der Waals surface area contributed by atoms with E-state index in [1.54, 1.807) is 0 Å². The third-order valence-electron chi connectivity index (χ3n) is 14.2. The molecule has 0 radical (unpaired) electrons. The molecule has 3 N–H and O–H groups in total. The number of allylic oxidation sites excluding steroid dienone is 6. The number of amides is 1. The molecule has 0 fully saturated rings. The predicted molar refractivity (Wildman–Crippen MR) is 301 cm³/mol. The van der Waals surface area contributed by atoms with Crippen molar-refractivity contribution in [1.29, 1.82) is 0 Å². The maximum absolute atomic E-state index is 12.5. The fourth-order valence-electron chi connectivity index (χ4n) is 9.43. The number of aliphatic hydroxyl groups is 2. The number of unbranched alkanes of at least 4 members (excludes halogenated alkanes) is 40. The van der Waals surface area contributed by atoms with Crippen LogP contribution in [-0.2, 0) is 14.3 Å². The average molecular weight is 971 g/mol. The zero-order valence-corrected chi connectivity index (χ0v) is 46.3. The van der Waals surface area contributed by atoms with Crippen LogP contribution in [0.3, 0.4) is 0 Å². The summed E-state index contributed by atoms with van der Waals surface area (Å²) in [5.74, 6) is -0.100. The summed E-state index contributed by atoms with van der Waals surface area (Å²) in [6.07, 6.45) is 72.9. The molecule has 0 saturated heterocycles. The Balaban J connectivity index is 3.49. The summed E-state index contributed by atoms with van der Waals surface area (Å²) in [5.41, 5.74) is 0. The second-order valence-corrected chi connectivity index (χ2v) is 21.0. The minimum atomic E-state index is -0.685. The van der Waals surface area contributed by atoms with E-state index in [0.717, 1.165) is 89.9 Å². The standard InChI is InChI=1S/C63H119NO5/c1-3-5-7-9-11-13-15-17-19-21-22-23-24-25-26-27-29-30-32-35-39-43-47-51-55-61(66)60(59-65)64-62(67)56-52-48-44-40-36-34-38-42-46-50-54-58-69-63(68)57-53-49-45-41-37-33-31-28-20-18-16-14-12-10-8-6-4-2/h12,14,18,20,38,42,60-61,65-66H,3-11,13,15-17,19,21-37,39-41,43-59H2,1-2H3,(H,64,67)/b14-12-,20-18-,42-38-. The molecule has 0 saturated carbocycles. The van der Waals surface area contributed by atoms with E-state index in [1.165, 1.54) is 205 Å². The Kier molecular flexibility index (Phi) is 57.0. The summed E-state index contributed by atoms with van der Waals surface area (Å²) in [6, 6.07) is -0.565. The molecular weight excluding hydrogens is 851 g/mol. The summed E-state index contributed by atoms with van der Waals surface area (Å²) >= 11 is 0. The third kappa shape index (κ3) is 55.2. The fraction of sp³-hybridized carbons (Fsp3) is 0.873. The van der Waals surface area contributed by atoms with E-state index in [4.69, 9.17) is 4.74 Å². The molecule has 406 valence electrons. The minimum Gasteiger partial charge on any atom is -0.466 e. The zero-order valence-electron chi connectivity index (χ0n) is 46.3. The van der Waals surface area contributed by atoms with Crippen LogP contribution in [0.25, 0.3) is 0 Å². The van der Waals surface area contributed by atoms with Crippen molar-refractivity contribution in [3.63, 3.8) is 0 Å². The zero-order chi connectivity index (χ0) is 50.0. The maximum Gasteiger partial charge on any atom is 0.305 e. The van der Waals surface area contributed by atoms with Crippen LogP contribution in [0.2, 0.25) is 0 Å². The van der Waals surface area contributed by atoms with Crippen molar-refractivity contribution in [2.45, 2.75) is 341 Å². The van der Waals surface area contributed by atoms with Crippen molar-refractivity contribution in [2.24, 2.45) is 0 Å². The monoisotopic (exact) mass is 970 g/mol. The lowest BCUT2D eigenvalue weighted by molar-refractivity contribution is -0.143. The van der Waals surface area contributed by atoms with Gasteiger partial charge in [0.2, 0.25) is 5.91 Å². The number of nitrogens with one attached hydrogen (secondary N) is 1. The lowest BCUT2D eigenvalue weighted by atomic mass is 10.0. The van der Waals surface area contributed by atoms with E-state index in [9.17, 15) is 19.8 Å². The van der Waals surface area contributed by atoms with Gasteiger partial charge in [-0.15, -0.1) is 0 Å². The first-order valence-corrected chi connectivity index (χ1v) is 30.7. The number of aliphatic hydroxyl groups excluding tert-OH is 2. The number of hydrogen-bond acceptors (Lipinski definition) is 5. The summed E-state index contributed by atoms with van der Waals surface area (Å²) in [7, 11) is 0. The molecule has 0 aliphatic carbocycles. The second kappa shape index (κ2) is 58.6. The van der Waals surface area contributed by atoms with Gasteiger partial charge in [-0.1, -0.05) is 269 Å². The predicted octanol–water partition coefficient (Wildman–Crippen LogP) is 19.2. The fourth-order valence-corrected chi connectivity index (χ4v) is 9.43. The number of esters is 1. The molecule has 0 rings (SSSR count). The molecule has 69 heavy (non-hydrogen) atoms. The maximum atomic E-state index is 12.5. The molecule has 0 aromatic carbocycles. The van der Waals surface area contributed by atoms with Gasteiger partial charge in [0.15, 0.2) is 0 Å². The van der Waals surface area contributed by atoms with Gasteiger partial charge in [-0.2, -0.15) is 0 Å². The Bertz CT molecular complexity index is 1120. The smallest absolute Gasteiger partial charge is 0.305 e. The number of hydrogen-bond donors (Lipinski definition) is 3. The SMILES string of the molecule is CCCCC/C=C\C/C=C\CCCCCCCCCC(=O)OCCCC/C=C\CCCCCCCC(=O)NC(CO)C(O)CCCCCCCCCCCCCCCCCCCCCCCCCC. The van der Waals surface area contributed by atoms with Gasteiger partial charge in [-0.25, -0.2) is 0 Å². The number of carbonyl (C=O) groups excluding carboxylic acids is 2. The highest BCUT2D eigenvalue weighted by Crippen LogP contribution is 2.18. The topological polar surface area (TPSA) is 95.9 Å². The molecule has 0 spiro atoms. The van der Waals surface area contributed by atoms with Crippen LogP contribution < -0.4 is 5.32 Å². The first kappa shape index (κ1) is 67.1. The Morgan fingerprint density at radius 2 is 0.725 bits per heavy atom. The lowest BCUT2D eigenvalue weighted by Crippen LogP contribution is -2.45. The first-order chi connectivity index (χ1) is 34.0. The van der Waals surface area contributed by atoms with Crippen molar-refractivity contribution in [1.82, 2.24) is 5.32 Å². The Hall–Kier alpha value is -1.92. The molecule has 1 amide bonds. The molecule has 2 atom stereocenters. The molecular formula is C63H119NO5. The molecule has 0 heterocycles. The highest BCUT2D eigenvalue weighted by atomic mass is 16.5. The van der Waals surface area contributed by atoms with Crippen molar-refractivity contribution >= 4 is 11.9 Å². The number of rotatable bonds is 57. The van der Waals surface area contributed by atoms with E-state index in [1.807, 2.05) is 0 Å². The van der Waals surface area contributed by atoms with Crippen LogP contribution in [0.5, 0.6) is 0 Å². The van der Waals surface area contributed by atoms with E-state index in [0.29, 0.717) is 25.9 Å². The van der Waals surface area contributed by atoms with Gasteiger partial charge < -0.3 is 20.3 Å². The van der Waals surface area contributed by atoms with Crippen LogP contribution in [0.1, 0.15) is 328 Å². The van der Waals surface area contributed by atoms with Gasteiger partial charge >= 0.3 is 5.97 Å². The highest BCUT2D eigenvalue weighted by molar-refractivity contribution is 5.76. The summed E-state index contributed by atoms with van der Waals surface area (Å²) in [5, 5.41) is 23.4. The molecule has 6 heteroatoms. The normalized spacial score (nSPS) is 12.8. The van der Waals surface area contributed by atoms with Crippen LogP contribution in [-0.4, -0.2) is 47.4 Å². The van der Waals surface area contributed by atoms with Crippen molar-refractivity contribution in [3.05, 3.63) is 36.5 Å². The van der Waals surface area contributed by atoms with E-state index in [-0.39, 0.29) is 18.5 Å². The molecule has 6 nitrogen and oxygen atoms in total. The van der Waals surface area contributed by atoms with Crippen LogP contribution >= 0.6 is 0 Å². The van der Waals surface area contributed by atoms with Crippen LogP contribution in [0, 0.1) is 0 Å². The molecule has 0 aromatic heterocycles. The van der Waals surface area contributed by atoms with E-state index < -0.39 is 12.1 Å². The Morgan fingerprint density at radius 3 is 1.14 bits per heavy atom. The van der Waals surface area contributed by atoms with Gasteiger partial charge in [0.05, 0.1) is 25.4 Å². The second-order valence-electron chi connectivity index (χ2n) is 21.0. The molecule has 0 aliphatic rings. The van der Waals surface area contributed by atoms with Crippen LogP contribution in [0.4, 0.5) is 0 Å². The van der Waals surface area contributed by atoms with Crippen molar-refractivity contribution < 1.29 is 24.5 Å². The molecule has 0 aromatic rings. The van der Waals surface area contributed by atoms with Gasteiger partial charge in [0.1, 0.15) is 0 Å². The quantitative estimate of drug-likeness (QED) is 0.0321. The summed E-state index contributed by atoms with van der Waals surface area (Å²) < 4.78 is 5.45. The minimum absolute atomic E-state index is 0.0382. The number of carbonyl (C=O) groups is 2. The van der Waals surface area contributed by atoms with Crippen molar-refractivity contribution in [3.8, 4) is 0 Å². The molecule has 0 aliphatic heterocycles. The molecule has 2 unspecified atom stereocenters. The van der Waals surface area contributed by atoms with Gasteiger partial charge in [0, 0.05) is 12.8 Å². The van der Waals surface area contributed by atoms with Gasteiger partial charge in [0.25, 0.3) is 0 Å². The average Bonchev–Trinajstić information content (AvgIpc) is 3.35. The summed E-state index contributed by atoms with van der Waals surface area (Å²) in [6.45, 7) is 4.87. The number of ether oxygens (including phenoxy) is 1. The largest absolute Gasteiger partial charge is 0.466 e. The molecule has 0 bridgehead atoms. The van der Waals surface area contributed by atoms with Crippen molar-refractivity contribution in [2.75, 3.05) is 13.2 Å². The Labute approximate surface area is 430 Å². The Morgan fingerprint density at radius 1 is 0.406 bits per heavy atom. The lowest BCUT2D eigenvalue weighted by Gasteiger charge is -2.22. The van der Waals surface area contributed by atoms with E-state index >= 15 is 0 Å². The van der Waals surface area contributed by atoms with E-state index in [2.05, 4.69) is 55.6 Å². The van der Waals surface area contributed by atoms with Crippen LogP contribution in [0.15, 0.2) is 36.5 Å². The third-order valence-corrected chi connectivity index (χ3v) is 14.2. The van der Waals surface area contributed by atoms with Gasteiger partial charge in [-0.05, 0) is 83.5 Å².